The van der Waals surface area contributed by atoms with Gasteiger partial charge in [-0.1, -0.05) is 41.5 Å². The second kappa shape index (κ2) is 7.83. The third-order valence-electron chi connectivity index (χ3n) is 4.78. The molecule has 3 amide bonds. The van der Waals surface area contributed by atoms with E-state index in [0.717, 1.165) is 6.07 Å². The Morgan fingerprint density at radius 2 is 1.42 bits per heavy atom. The fourth-order valence-electron chi connectivity index (χ4n) is 3.21. The highest BCUT2D eigenvalue weighted by Crippen LogP contribution is 2.26. The number of fused-ring (bicyclic) bond motifs is 1. The first-order valence-electron chi connectivity index (χ1n) is 9.24. The number of rotatable bonds is 4. The highest BCUT2D eigenvalue weighted by molar-refractivity contribution is 6.21. The number of nitrogens with zero attached hydrogens (tertiary/aromatic N) is 1. The molecule has 1 heterocycles. The second-order valence-corrected chi connectivity index (χ2v) is 6.76. The molecule has 8 heteroatoms. The topological polar surface area (TPSA) is 92.8 Å². The number of carbonyl (C=O) groups excluding carboxylic acids is 4. The first kappa shape index (κ1) is 20.0. The Labute approximate surface area is 176 Å². The number of nitrogens with one attached hydrogen (secondary N) is 1. The molecule has 31 heavy (non-hydrogen) atoms. The van der Waals surface area contributed by atoms with Crippen molar-refractivity contribution in [2.24, 2.45) is 0 Å². The van der Waals surface area contributed by atoms with E-state index >= 15 is 0 Å². The quantitative estimate of drug-likeness (QED) is 0.652. The molecule has 154 valence electrons. The van der Waals surface area contributed by atoms with Gasteiger partial charge in [0.1, 0.15) is 5.82 Å². The molecule has 0 radical (unpaired) electrons. The molecule has 1 aliphatic rings. The maximum Gasteiger partial charge on any atom is 0.366 e. The summed E-state index contributed by atoms with van der Waals surface area (Å²) in [5.74, 6) is -4.04. The second-order valence-electron chi connectivity index (χ2n) is 6.76. The lowest BCUT2D eigenvalue weighted by atomic mass is 10.1. The maximum absolute atomic E-state index is 14.0. The van der Waals surface area contributed by atoms with E-state index in [1.54, 1.807) is 31.2 Å². The molecule has 0 aromatic heterocycles. The Kier molecular flexibility index (Phi) is 5.04. The largest absolute Gasteiger partial charge is 0.366 e. The number of imide groups is 1. The monoisotopic (exact) mass is 418 g/mol. The van der Waals surface area contributed by atoms with Crippen LogP contribution in [0.4, 0.5) is 10.1 Å². The van der Waals surface area contributed by atoms with Crippen LogP contribution in [0, 0.1) is 12.7 Å². The fraction of sp³-hybridized carbons (Fsp3) is 0.0435. The van der Waals surface area contributed by atoms with Gasteiger partial charge in [0, 0.05) is 0 Å². The third-order valence-corrected chi connectivity index (χ3v) is 4.78. The number of benzene rings is 3. The summed E-state index contributed by atoms with van der Waals surface area (Å²) in [5, 5.41) is 2.90. The summed E-state index contributed by atoms with van der Waals surface area (Å²) >= 11 is 0. The molecule has 4 rings (SSSR count). The molecular formula is C23H15FN2O5. The summed E-state index contributed by atoms with van der Waals surface area (Å²) in [7, 11) is 0. The van der Waals surface area contributed by atoms with E-state index in [-0.39, 0.29) is 27.9 Å². The zero-order chi connectivity index (χ0) is 22.1. The minimum absolute atomic E-state index is 0.0809. The van der Waals surface area contributed by atoms with E-state index in [1.807, 2.05) is 0 Å². The van der Waals surface area contributed by atoms with Crippen LogP contribution >= 0.6 is 0 Å². The molecule has 0 unspecified atom stereocenters. The standard InChI is InChI=1S/C23H15FN2O5/c1-13-7-6-11-17(19(13)25-20(27)16-10-4-5-12-18(16)24)23(30)31-26-21(28)14-8-2-3-9-15(14)22(26)29/h2-12H,1H3,(H,25,27). The number of para-hydroxylation sites is 1. The maximum atomic E-state index is 14.0. The van der Waals surface area contributed by atoms with Crippen molar-refractivity contribution in [3.8, 4) is 0 Å². The lowest BCUT2D eigenvalue weighted by Crippen LogP contribution is -2.33. The van der Waals surface area contributed by atoms with Crippen molar-refractivity contribution < 1.29 is 28.4 Å². The van der Waals surface area contributed by atoms with Crippen LogP contribution in [0.5, 0.6) is 0 Å². The van der Waals surface area contributed by atoms with Gasteiger partial charge in [0.05, 0.1) is 27.9 Å². The summed E-state index contributed by atoms with van der Waals surface area (Å²) in [6.45, 7) is 1.63. The van der Waals surface area contributed by atoms with Crippen LogP contribution in [0.15, 0.2) is 66.7 Å². The zero-order valence-electron chi connectivity index (χ0n) is 16.2. The molecule has 3 aromatic carbocycles. The normalized spacial score (nSPS) is 12.5. The highest BCUT2D eigenvalue weighted by atomic mass is 19.1. The van der Waals surface area contributed by atoms with Gasteiger partial charge in [0.25, 0.3) is 17.7 Å². The first-order chi connectivity index (χ1) is 14.9. The fourth-order valence-corrected chi connectivity index (χ4v) is 3.21. The van der Waals surface area contributed by atoms with Crippen LogP contribution in [0.1, 0.15) is 47.0 Å². The average molecular weight is 418 g/mol. The van der Waals surface area contributed by atoms with E-state index < -0.39 is 29.5 Å². The van der Waals surface area contributed by atoms with Gasteiger partial charge in [-0.15, -0.1) is 0 Å². The summed E-state index contributed by atoms with van der Waals surface area (Å²) < 4.78 is 14.0. The molecule has 0 fully saturated rings. The molecule has 0 saturated carbocycles. The van der Waals surface area contributed by atoms with Gasteiger partial charge in [0.15, 0.2) is 0 Å². The van der Waals surface area contributed by atoms with Crippen molar-refractivity contribution in [2.45, 2.75) is 6.92 Å². The Hall–Kier alpha value is -4.33. The van der Waals surface area contributed by atoms with Gasteiger partial charge >= 0.3 is 5.97 Å². The highest BCUT2D eigenvalue weighted by Gasteiger charge is 2.39. The molecule has 0 saturated heterocycles. The van der Waals surface area contributed by atoms with Crippen LogP contribution in [0.25, 0.3) is 0 Å². The molecule has 7 nitrogen and oxygen atoms in total. The van der Waals surface area contributed by atoms with Gasteiger partial charge in [-0.25, -0.2) is 9.18 Å². The Morgan fingerprint density at radius 3 is 2.06 bits per heavy atom. The van der Waals surface area contributed by atoms with E-state index in [1.165, 1.54) is 36.4 Å². The minimum atomic E-state index is -1.03. The summed E-state index contributed by atoms with van der Waals surface area (Å²) in [5.41, 5.74) is 0.528. The zero-order valence-corrected chi connectivity index (χ0v) is 16.2. The number of hydroxylamine groups is 2. The van der Waals surface area contributed by atoms with Crippen molar-refractivity contribution in [1.29, 1.82) is 0 Å². The molecule has 1 aliphatic heterocycles. The van der Waals surface area contributed by atoms with Crippen LogP contribution < -0.4 is 5.32 Å². The van der Waals surface area contributed by atoms with E-state index in [0.29, 0.717) is 10.6 Å². The lowest BCUT2D eigenvalue weighted by Gasteiger charge is -2.16. The molecule has 0 spiro atoms. The SMILES string of the molecule is Cc1cccc(C(=O)ON2C(=O)c3ccccc3C2=O)c1NC(=O)c1ccccc1F. The van der Waals surface area contributed by atoms with Gasteiger partial charge < -0.3 is 10.2 Å². The number of amides is 3. The van der Waals surface area contributed by atoms with Gasteiger partial charge in [-0.05, 0) is 42.8 Å². The molecular weight excluding hydrogens is 403 g/mol. The third kappa shape index (κ3) is 3.55. The number of aryl methyl sites for hydroxylation is 1. The number of carbonyl (C=O) groups is 4. The van der Waals surface area contributed by atoms with Gasteiger partial charge in [-0.2, -0.15) is 0 Å². The van der Waals surface area contributed by atoms with Gasteiger partial charge in [0.2, 0.25) is 0 Å². The predicted molar refractivity (Wildman–Crippen MR) is 108 cm³/mol. The van der Waals surface area contributed by atoms with Crippen LogP contribution in [0.2, 0.25) is 0 Å². The Bertz CT molecular complexity index is 1220. The summed E-state index contributed by atoms with van der Waals surface area (Å²) in [6.07, 6.45) is 0. The number of anilines is 1. The molecule has 0 atom stereocenters. The average Bonchev–Trinajstić information content (AvgIpc) is 3.00. The van der Waals surface area contributed by atoms with Crippen molar-refractivity contribution in [3.63, 3.8) is 0 Å². The van der Waals surface area contributed by atoms with Crippen LogP contribution in [-0.4, -0.2) is 28.8 Å². The smallest absolute Gasteiger partial charge is 0.324 e. The molecule has 0 bridgehead atoms. The molecule has 0 aliphatic carbocycles. The number of hydrogen-bond donors (Lipinski definition) is 1. The van der Waals surface area contributed by atoms with Crippen molar-refractivity contribution in [2.75, 3.05) is 5.32 Å². The Morgan fingerprint density at radius 1 is 0.839 bits per heavy atom. The van der Waals surface area contributed by atoms with E-state index in [9.17, 15) is 23.6 Å². The van der Waals surface area contributed by atoms with Crippen LogP contribution in [0.3, 0.4) is 0 Å². The molecule has 1 N–H and O–H groups in total. The van der Waals surface area contributed by atoms with E-state index in [2.05, 4.69) is 5.32 Å². The van der Waals surface area contributed by atoms with Crippen molar-refractivity contribution >= 4 is 29.4 Å². The predicted octanol–water partition coefficient (Wildman–Crippen LogP) is 3.75. The van der Waals surface area contributed by atoms with Gasteiger partial charge in [-0.3, -0.25) is 14.4 Å². The van der Waals surface area contributed by atoms with E-state index in [4.69, 9.17) is 4.84 Å². The summed E-state index contributed by atoms with van der Waals surface area (Å²) in [6, 6.07) is 16.0. The first-order valence-corrected chi connectivity index (χ1v) is 9.24. The van der Waals surface area contributed by atoms with Crippen LogP contribution in [-0.2, 0) is 4.84 Å². The molecule has 3 aromatic rings. The van der Waals surface area contributed by atoms with Crippen molar-refractivity contribution in [1.82, 2.24) is 5.06 Å². The van der Waals surface area contributed by atoms with Crippen molar-refractivity contribution in [3.05, 3.63) is 100 Å². The number of halogens is 1. The Balaban J connectivity index is 1.61. The lowest BCUT2D eigenvalue weighted by molar-refractivity contribution is -0.0583. The number of hydrogen-bond acceptors (Lipinski definition) is 5. The summed E-state index contributed by atoms with van der Waals surface area (Å²) in [4.78, 5) is 55.3. The minimum Gasteiger partial charge on any atom is -0.324 e.